The van der Waals surface area contributed by atoms with Crippen molar-refractivity contribution >= 4 is 15.9 Å². The van der Waals surface area contributed by atoms with E-state index in [2.05, 4.69) is 10.2 Å². The van der Waals surface area contributed by atoms with Crippen LogP contribution in [0.4, 0.5) is 0 Å². The molecular formula is C23H31N3O4S. The molecule has 7 nitrogen and oxygen atoms in total. The van der Waals surface area contributed by atoms with Crippen LogP contribution in [0.3, 0.4) is 0 Å². The molecular weight excluding hydrogens is 414 g/mol. The highest BCUT2D eigenvalue weighted by molar-refractivity contribution is 7.89. The van der Waals surface area contributed by atoms with Crippen LogP contribution in [-0.4, -0.2) is 69.4 Å². The first kappa shape index (κ1) is 23.2. The lowest BCUT2D eigenvalue weighted by molar-refractivity contribution is 0.0925. The summed E-state index contributed by atoms with van der Waals surface area (Å²) in [6.45, 7) is 8.21. The van der Waals surface area contributed by atoms with Gasteiger partial charge in [-0.1, -0.05) is 24.3 Å². The van der Waals surface area contributed by atoms with Gasteiger partial charge in [0.15, 0.2) is 0 Å². The first-order valence-electron chi connectivity index (χ1n) is 10.5. The molecule has 1 unspecified atom stereocenters. The minimum Gasteiger partial charge on any atom is -0.491 e. The Hall–Kier alpha value is -2.42. The summed E-state index contributed by atoms with van der Waals surface area (Å²) in [5.74, 6) is 0.467. The van der Waals surface area contributed by atoms with Crippen molar-refractivity contribution in [1.82, 2.24) is 14.5 Å². The number of amides is 1. The number of piperazine rings is 1. The van der Waals surface area contributed by atoms with Crippen LogP contribution in [0.15, 0.2) is 47.4 Å². The number of hydrogen-bond acceptors (Lipinski definition) is 5. The zero-order chi connectivity index (χ0) is 22.6. The number of para-hydroxylation sites is 1. The van der Waals surface area contributed by atoms with Crippen LogP contribution in [0.25, 0.3) is 0 Å². The number of ether oxygens (including phenoxy) is 1. The van der Waals surface area contributed by atoms with Crippen molar-refractivity contribution in [3.05, 3.63) is 59.2 Å². The fourth-order valence-corrected chi connectivity index (χ4v) is 4.91. The van der Waals surface area contributed by atoms with Gasteiger partial charge in [-0.15, -0.1) is 0 Å². The van der Waals surface area contributed by atoms with E-state index in [-0.39, 0.29) is 16.8 Å². The highest BCUT2D eigenvalue weighted by Gasteiger charge is 2.28. The van der Waals surface area contributed by atoms with Crippen molar-refractivity contribution in [2.75, 3.05) is 39.8 Å². The highest BCUT2D eigenvalue weighted by Crippen LogP contribution is 2.21. The Balaban J connectivity index is 1.69. The van der Waals surface area contributed by atoms with Crippen LogP contribution in [0.5, 0.6) is 5.75 Å². The average Bonchev–Trinajstić information content (AvgIpc) is 2.73. The molecule has 0 saturated carbocycles. The molecule has 8 heteroatoms. The van der Waals surface area contributed by atoms with Gasteiger partial charge in [0, 0.05) is 31.7 Å². The minimum atomic E-state index is -3.64. The second-order valence-corrected chi connectivity index (χ2v) is 10.1. The van der Waals surface area contributed by atoms with E-state index < -0.39 is 10.0 Å². The molecule has 0 radical (unpaired) electrons. The van der Waals surface area contributed by atoms with Gasteiger partial charge in [-0.25, -0.2) is 8.42 Å². The Morgan fingerprint density at radius 3 is 2.42 bits per heavy atom. The third kappa shape index (κ3) is 5.64. The number of nitrogens with one attached hydrogen (secondary N) is 1. The van der Waals surface area contributed by atoms with Crippen molar-refractivity contribution in [3.8, 4) is 5.75 Å². The summed E-state index contributed by atoms with van der Waals surface area (Å²) in [5, 5.41) is 2.91. The number of carbonyl (C=O) groups is 1. The van der Waals surface area contributed by atoms with Crippen molar-refractivity contribution in [2.24, 2.45) is 0 Å². The molecule has 1 atom stereocenters. The maximum Gasteiger partial charge on any atom is 0.251 e. The molecule has 1 saturated heterocycles. The fourth-order valence-electron chi connectivity index (χ4n) is 3.46. The number of aryl methyl sites for hydroxylation is 2. The van der Waals surface area contributed by atoms with Crippen LogP contribution >= 0.6 is 0 Å². The largest absolute Gasteiger partial charge is 0.491 e. The third-order valence-electron chi connectivity index (χ3n) is 5.51. The van der Waals surface area contributed by atoms with Gasteiger partial charge in [-0.2, -0.15) is 4.31 Å². The molecule has 1 aliphatic heterocycles. The Morgan fingerprint density at radius 2 is 1.74 bits per heavy atom. The molecule has 3 rings (SSSR count). The van der Waals surface area contributed by atoms with E-state index in [1.54, 1.807) is 19.1 Å². The van der Waals surface area contributed by atoms with Crippen LogP contribution in [0.1, 0.15) is 28.4 Å². The second-order valence-electron chi connectivity index (χ2n) is 8.14. The number of carbonyl (C=O) groups excluding carboxylic acids is 1. The number of benzene rings is 2. The van der Waals surface area contributed by atoms with Crippen molar-refractivity contribution < 1.29 is 17.9 Å². The van der Waals surface area contributed by atoms with E-state index in [4.69, 9.17) is 4.74 Å². The fraction of sp³-hybridized carbons (Fsp3) is 0.435. The van der Waals surface area contributed by atoms with E-state index in [1.165, 1.54) is 10.4 Å². The predicted molar refractivity (Wildman–Crippen MR) is 121 cm³/mol. The molecule has 0 aromatic heterocycles. The zero-order valence-electron chi connectivity index (χ0n) is 18.6. The molecule has 1 aliphatic rings. The van der Waals surface area contributed by atoms with E-state index >= 15 is 0 Å². The van der Waals surface area contributed by atoms with E-state index in [9.17, 15) is 13.2 Å². The first-order chi connectivity index (χ1) is 14.7. The van der Waals surface area contributed by atoms with Crippen molar-refractivity contribution in [2.45, 2.75) is 31.7 Å². The maximum absolute atomic E-state index is 13.0. The summed E-state index contributed by atoms with van der Waals surface area (Å²) in [4.78, 5) is 15.1. The van der Waals surface area contributed by atoms with Crippen LogP contribution < -0.4 is 10.1 Å². The molecule has 1 amide bonds. The Bertz CT molecular complexity index is 1030. The Labute approximate surface area is 185 Å². The average molecular weight is 446 g/mol. The molecule has 0 bridgehead atoms. The molecule has 0 aliphatic carbocycles. The quantitative estimate of drug-likeness (QED) is 0.708. The van der Waals surface area contributed by atoms with Crippen molar-refractivity contribution in [1.29, 1.82) is 0 Å². The Morgan fingerprint density at radius 1 is 1.06 bits per heavy atom. The summed E-state index contributed by atoms with van der Waals surface area (Å²) in [6, 6.07) is 12.2. The number of likely N-dealkylation sites (N-methyl/N-ethyl adjacent to an activating group) is 1. The van der Waals surface area contributed by atoms with Gasteiger partial charge in [0.1, 0.15) is 12.4 Å². The zero-order valence-corrected chi connectivity index (χ0v) is 19.4. The van der Waals surface area contributed by atoms with E-state index in [0.717, 1.165) is 16.9 Å². The summed E-state index contributed by atoms with van der Waals surface area (Å²) >= 11 is 0. The predicted octanol–water partition coefficient (Wildman–Crippen LogP) is 2.44. The molecule has 2 aromatic rings. The number of sulfonamides is 1. The summed E-state index contributed by atoms with van der Waals surface area (Å²) in [5.41, 5.74) is 2.11. The summed E-state index contributed by atoms with van der Waals surface area (Å²) < 4.78 is 33.4. The van der Waals surface area contributed by atoms with Gasteiger partial charge >= 0.3 is 0 Å². The molecule has 1 N–H and O–H groups in total. The van der Waals surface area contributed by atoms with Crippen LogP contribution in [0.2, 0.25) is 0 Å². The van der Waals surface area contributed by atoms with E-state index in [0.29, 0.717) is 38.3 Å². The third-order valence-corrected chi connectivity index (χ3v) is 7.41. The first-order valence-corrected chi connectivity index (χ1v) is 11.9. The lowest BCUT2D eigenvalue weighted by atomic mass is 10.1. The van der Waals surface area contributed by atoms with Gasteiger partial charge in [0.2, 0.25) is 10.0 Å². The normalized spacial score (nSPS) is 16.6. The van der Waals surface area contributed by atoms with Crippen LogP contribution in [0, 0.1) is 13.8 Å². The SMILES string of the molecule is Cc1ccccc1OCC(C)NC(=O)c1cc(S(=O)(=O)N2CCN(C)CC2)ccc1C. The minimum absolute atomic E-state index is 0.150. The molecule has 2 aromatic carbocycles. The topological polar surface area (TPSA) is 78.9 Å². The Kier molecular flexibility index (Phi) is 7.35. The van der Waals surface area contributed by atoms with Crippen LogP contribution in [-0.2, 0) is 10.0 Å². The second kappa shape index (κ2) is 9.80. The van der Waals surface area contributed by atoms with Gasteiger partial charge in [0.05, 0.1) is 10.9 Å². The van der Waals surface area contributed by atoms with E-state index in [1.807, 2.05) is 45.2 Å². The molecule has 1 fully saturated rings. The van der Waals surface area contributed by atoms with Gasteiger partial charge in [-0.3, -0.25) is 4.79 Å². The van der Waals surface area contributed by atoms with Gasteiger partial charge < -0.3 is 15.0 Å². The van der Waals surface area contributed by atoms with Gasteiger partial charge in [-0.05, 0) is 57.1 Å². The highest BCUT2D eigenvalue weighted by atomic mass is 32.2. The summed E-state index contributed by atoms with van der Waals surface area (Å²) in [6.07, 6.45) is 0. The number of nitrogens with zero attached hydrogens (tertiary/aromatic N) is 2. The molecule has 31 heavy (non-hydrogen) atoms. The maximum atomic E-state index is 13.0. The number of rotatable bonds is 7. The summed E-state index contributed by atoms with van der Waals surface area (Å²) in [7, 11) is -1.66. The lowest BCUT2D eigenvalue weighted by Crippen LogP contribution is -2.47. The standard InChI is InChI=1S/C23H31N3O4S/c1-17-9-10-20(31(28,29)26-13-11-25(4)12-14-26)15-21(17)23(27)24-19(3)16-30-22-8-6-5-7-18(22)2/h5-10,15,19H,11-14,16H2,1-4H3,(H,24,27). The molecule has 1 heterocycles. The molecule has 0 spiro atoms. The van der Waals surface area contributed by atoms with Gasteiger partial charge in [0.25, 0.3) is 5.91 Å². The monoisotopic (exact) mass is 445 g/mol. The number of hydrogen-bond donors (Lipinski definition) is 1. The molecule has 168 valence electrons. The smallest absolute Gasteiger partial charge is 0.251 e. The van der Waals surface area contributed by atoms with Crippen molar-refractivity contribution in [3.63, 3.8) is 0 Å². The lowest BCUT2D eigenvalue weighted by Gasteiger charge is -2.31.